The maximum atomic E-state index is 5.01. The largest absolute Gasteiger partial charge is 0.300 e. The molecule has 0 heterocycles. The molecule has 0 bridgehead atoms. The van der Waals surface area contributed by atoms with Crippen LogP contribution in [-0.2, 0) is 0 Å². The fourth-order valence-corrected chi connectivity index (χ4v) is 0.346. The summed E-state index contributed by atoms with van der Waals surface area (Å²) in [5.74, 6) is 5.43. The molecule has 0 unspecified atom stereocenters. The van der Waals surface area contributed by atoms with Gasteiger partial charge in [0.25, 0.3) is 0 Å². The molecular weight excluding hydrogens is 160 g/mol. The minimum absolute atomic E-state index is 0.324. The number of hydrogen-bond acceptors (Lipinski definition) is 3. The molecule has 0 radical (unpaired) electrons. The summed E-state index contributed by atoms with van der Waals surface area (Å²) in [4.78, 5) is 0. The highest BCUT2D eigenvalue weighted by atomic mass is 32.1. The first kappa shape index (κ1) is 10.3. The molecule has 64 valence electrons. The van der Waals surface area contributed by atoms with Gasteiger partial charge in [-0.1, -0.05) is 13.8 Å². The lowest BCUT2D eigenvalue weighted by Gasteiger charge is -2.05. The van der Waals surface area contributed by atoms with Gasteiger partial charge in [-0.15, -0.1) is 0 Å². The predicted molar refractivity (Wildman–Crippen MR) is 51.0 cm³/mol. The zero-order chi connectivity index (χ0) is 8.85. The van der Waals surface area contributed by atoms with Gasteiger partial charge in [0.05, 0.1) is 0 Å². The molecule has 0 aromatic carbocycles. The van der Waals surface area contributed by atoms with E-state index in [9.17, 15) is 0 Å². The third-order valence-corrected chi connectivity index (χ3v) is 1.51. The topological polar surface area (TPSA) is 62.4 Å². The van der Waals surface area contributed by atoms with E-state index in [4.69, 9.17) is 18.1 Å². The smallest absolute Gasteiger partial charge is 0.201 e. The number of hydrazone groups is 1. The highest BCUT2D eigenvalue weighted by Gasteiger charge is 1.96. The van der Waals surface area contributed by atoms with E-state index in [-0.39, 0.29) is 0 Å². The number of nitrogens with two attached hydrogens (primary N) is 1. The van der Waals surface area contributed by atoms with Crippen molar-refractivity contribution in [3.05, 3.63) is 0 Å². The molecular formula is C6H14N4S. The lowest BCUT2D eigenvalue weighted by Crippen LogP contribution is -2.37. The SMILES string of the molecule is C/C(=N/NC(=S)NN)C(C)C. The van der Waals surface area contributed by atoms with Gasteiger partial charge in [0.2, 0.25) is 5.11 Å². The lowest BCUT2D eigenvalue weighted by molar-refractivity contribution is 0.843. The van der Waals surface area contributed by atoms with E-state index in [0.29, 0.717) is 11.0 Å². The minimum atomic E-state index is 0.324. The molecule has 11 heavy (non-hydrogen) atoms. The zero-order valence-corrected chi connectivity index (χ0v) is 7.83. The Morgan fingerprint density at radius 2 is 2.09 bits per heavy atom. The number of thiocarbonyl (C=S) groups is 1. The van der Waals surface area contributed by atoms with Crippen LogP contribution in [0.5, 0.6) is 0 Å². The van der Waals surface area contributed by atoms with Gasteiger partial charge in [-0.25, -0.2) is 5.84 Å². The second-order valence-electron chi connectivity index (χ2n) is 2.49. The summed E-state index contributed by atoms with van der Waals surface area (Å²) in [5.41, 5.74) is 5.86. The Morgan fingerprint density at radius 1 is 1.55 bits per heavy atom. The monoisotopic (exact) mass is 174 g/mol. The minimum Gasteiger partial charge on any atom is -0.300 e. The van der Waals surface area contributed by atoms with Gasteiger partial charge in [-0.3, -0.25) is 10.9 Å². The van der Waals surface area contributed by atoms with Crippen LogP contribution in [0.15, 0.2) is 5.10 Å². The zero-order valence-electron chi connectivity index (χ0n) is 7.01. The van der Waals surface area contributed by atoms with Crippen LogP contribution >= 0.6 is 12.2 Å². The van der Waals surface area contributed by atoms with Crippen LogP contribution in [0.3, 0.4) is 0 Å². The van der Waals surface area contributed by atoms with Crippen molar-refractivity contribution < 1.29 is 0 Å². The van der Waals surface area contributed by atoms with Crippen molar-refractivity contribution in [2.75, 3.05) is 0 Å². The maximum Gasteiger partial charge on any atom is 0.201 e. The van der Waals surface area contributed by atoms with Gasteiger partial charge in [0.1, 0.15) is 0 Å². The van der Waals surface area contributed by atoms with E-state index >= 15 is 0 Å². The van der Waals surface area contributed by atoms with Gasteiger partial charge in [-0.05, 0) is 25.1 Å². The van der Waals surface area contributed by atoms with E-state index in [0.717, 1.165) is 5.71 Å². The molecule has 0 rings (SSSR count). The number of nitrogens with one attached hydrogen (secondary N) is 2. The Kier molecular flexibility index (Phi) is 4.72. The third-order valence-electron chi connectivity index (χ3n) is 1.30. The Balaban J connectivity index is 3.82. The average molecular weight is 174 g/mol. The van der Waals surface area contributed by atoms with E-state index in [1.807, 2.05) is 6.92 Å². The summed E-state index contributed by atoms with van der Waals surface area (Å²) in [6.45, 7) is 6.04. The maximum absolute atomic E-state index is 5.01. The van der Waals surface area contributed by atoms with E-state index < -0.39 is 0 Å². The van der Waals surface area contributed by atoms with Crippen molar-refractivity contribution in [3.8, 4) is 0 Å². The van der Waals surface area contributed by atoms with Crippen molar-refractivity contribution in [2.24, 2.45) is 16.9 Å². The van der Waals surface area contributed by atoms with E-state index in [1.165, 1.54) is 0 Å². The van der Waals surface area contributed by atoms with Crippen molar-refractivity contribution in [1.82, 2.24) is 10.9 Å². The molecule has 0 spiro atoms. The normalized spacial score (nSPS) is 11.5. The summed E-state index contributed by atoms with van der Waals surface area (Å²) >= 11 is 4.71. The molecule has 0 saturated heterocycles. The quantitative estimate of drug-likeness (QED) is 0.245. The van der Waals surface area contributed by atoms with Gasteiger partial charge in [-0.2, -0.15) is 5.10 Å². The highest BCUT2D eigenvalue weighted by molar-refractivity contribution is 7.80. The van der Waals surface area contributed by atoms with Crippen molar-refractivity contribution in [1.29, 1.82) is 0 Å². The standard InChI is InChI=1S/C6H14N4S/c1-4(2)5(3)9-10-6(11)8-7/h4H,7H2,1-3H3,(H2,8,10,11)/b9-5-. The van der Waals surface area contributed by atoms with Crippen molar-refractivity contribution in [3.63, 3.8) is 0 Å². The second kappa shape index (κ2) is 5.03. The first-order chi connectivity index (χ1) is 5.07. The molecule has 0 fully saturated rings. The van der Waals surface area contributed by atoms with Crippen LogP contribution in [0.2, 0.25) is 0 Å². The van der Waals surface area contributed by atoms with Crippen LogP contribution in [0, 0.1) is 5.92 Å². The molecule has 4 N–H and O–H groups in total. The molecule has 5 heteroatoms. The van der Waals surface area contributed by atoms with Crippen molar-refractivity contribution in [2.45, 2.75) is 20.8 Å². The van der Waals surface area contributed by atoms with E-state index in [1.54, 1.807) is 0 Å². The van der Waals surface area contributed by atoms with Gasteiger partial charge in [0, 0.05) is 5.71 Å². The van der Waals surface area contributed by atoms with Crippen LogP contribution in [0.25, 0.3) is 0 Å². The van der Waals surface area contributed by atoms with Crippen molar-refractivity contribution >= 4 is 23.0 Å². The highest BCUT2D eigenvalue weighted by Crippen LogP contribution is 1.93. The summed E-state index contributed by atoms with van der Waals surface area (Å²) in [6, 6.07) is 0. The van der Waals surface area contributed by atoms with Crippen LogP contribution in [-0.4, -0.2) is 10.8 Å². The molecule has 0 amide bonds. The number of hydrazine groups is 1. The van der Waals surface area contributed by atoms with Crippen LogP contribution < -0.4 is 16.7 Å². The molecule has 0 aliphatic heterocycles. The first-order valence-electron chi connectivity index (χ1n) is 3.38. The molecule has 0 atom stereocenters. The lowest BCUT2D eigenvalue weighted by atomic mass is 10.1. The summed E-state index contributed by atoms with van der Waals surface area (Å²) in [7, 11) is 0. The fourth-order valence-electron chi connectivity index (χ4n) is 0.300. The molecule has 0 aliphatic carbocycles. The Morgan fingerprint density at radius 3 is 2.45 bits per heavy atom. The Labute approximate surface area is 72.2 Å². The first-order valence-corrected chi connectivity index (χ1v) is 3.79. The number of rotatable bonds is 2. The third kappa shape index (κ3) is 4.69. The number of nitrogens with zero attached hydrogens (tertiary/aromatic N) is 1. The molecule has 0 saturated carbocycles. The Bertz CT molecular complexity index is 164. The number of hydrogen-bond donors (Lipinski definition) is 3. The summed E-state index contributed by atoms with van der Waals surface area (Å²) in [5, 5.41) is 4.30. The van der Waals surface area contributed by atoms with Gasteiger partial charge < -0.3 is 0 Å². The fraction of sp³-hybridized carbons (Fsp3) is 0.667. The average Bonchev–Trinajstić information content (AvgIpc) is 1.99. The Hall–Kier alpha value is -0.680. The van der Waals surface area contributed by atoms with Crippen LogP contribution in [0.1, 0.15) is 20.8 Å². The predicted octanol–water partition coefficient (Wildman–Crippen LogP) is 0.356. The van der Waals surface area contributed by atoms with E-state index in [2.05, 4.69) is 29.8 Å². The summed E-state index contributed by atoms with van der Waals surface area (Å²) < 4.78 is 0. The molecule has 0 aromatic heterocycles. The summed E-state index contributed by atoms with van der Waals surface area (Å²) in [6.07, 6.45) is 0. The van der Waals surface area contributed by atoms with Gasteiger partial charge >= 0.3 is 0 Å². The van der Waals surface area contributed by atoms with Crippen LogP contribution in [0.4, 0.5) is 0 Å². The molecule has 0 aromatic rings. The second-order valence-corrected chi connectivity index (χ2v) is 2.90. The molecule has 4 nitrogen and oxygen atoms in total. The van der Waals surface area contributed by atoms with Gasteiger partial charge in [0.15, 0.2) is 0 Å². The molecule has 0 aliphatic rings.